The van der Waals surface area contributed by atoms with Gasteiger partial charge in [-0.05, 0) is 36.4 Å². The van der Waals surface area contributed by atoms with Crippen LogP contribution in [-0.4, -0.2) is 17.0 Å². The highest BCUT2D eigenvalue weighted by Gasteiger charge is 2.14. The molecule has 116 valence electrons. The summed E-state index contributed by atoms with van der Waals surface area (Å²) in [5, 5.41) is 7.83. The van der Waals surface area contributed by atoms with Gasteiger partial charge in [0.2, 0.25) is 12.7 Å². The van der Waals surface area contributed by atoms with Gasteiger partial charge in [0.1, 0.15) is 11.6 Å². The van der Waals surface area contributed by atoms with E-state index in [-0.39, 0.29) is 19.2 Å². The third-order valence-corrected chi connectivity index (χ3v) is 3.26. The maximum atomic E-state index is 12.9. The van der Waals surface area contributed by atoms with Crippen molar-refractivity contribution in [2.75, 3.05) is 6.79 Å². The average molecular weight is 314 g/mol. The molecule has 0 fully saturated rings. The van der Waals surface area contributed by atoms with Crippen molar-refractivity contribution in [3.05, 3.63) is 54.2 Å². The van der Waals surface area contributed by atoms with Crippen LogP contribution in [0.4, 0.5) is 4.39 Å². The molecule has 0 amide bonds. The summed E-state index contributed by atoms with van der Waals surface area (Å²) in [6.45, 7) is 0.331. The summed E-state index contributed by atoms with van der Waals surface area (Å²) >= 11 is 0. The predicted molar refractivity (Wildman–Crippen MR) is 76.6 cm³/mol. The Balaban J connectivity index is 1.44. The Morgan fingerprint density at radius 1 is 1.00 bits per heavy atom. The molecule has 0 bridgehead atoms. The topological polar surface area (TPSA) is 66.6 Å². The molecule has 1 aliphatic rings. The molecule has 0 spiro atoms. The van der Waals surface area contributed by atoms with Crippen molar-refractivity contribution >= 4 is 0 Å². The predicted octanol–water partition coefficient (Wildman–Crippen LogP) is 3.18. The van der Waals surface area contributed by atoms with Gasteiger partial charge in [0.15, 0.2) is 18.1 Å². The van der Waals surface area contributed by atoms with E-state index in [9.17, 15) is 4.39 Å². The number of rotatable bonds is 4. The van der Waals surface area contributed by atoms with Crippen LogP contribution in [0.25, 0.3) is 11.5 Å². The summed E-state index contributed by atoms with van der Waals surface area (Å²) in [6.07, 6.45) is 0. The molecular formula is C16H11FN2O4. The second-order valence-corrected chi connectivity index (χ2v) is 4.81. The minimum Gasteiger partial charge on any atom is -0.484 e. The molecule has 1 aliphatic heterocycles. The highest BCUT2D eigenvalue weighted by Crippen LogP contribution is 2.35. The van der Waals surface area contributed by atoms with Crippen LogP contribution in [-0.2, 0) is 6.61 Å². The van der Waals surface area contributed by atoms with Crippen LogP contribution in [0.2, 0.25) is 0 Å². The number of fused-ring (bicyclic) bond motifs is 1. The lowest BCUT2D eigenvalue weighted by Gasteiger charge is -2.04. The number of hydrogen-bond donors (Lipinski definition) is 0. The van der Waals surface area contributed by atoms with E-state index >= 15 is 0 Å². The summed E-state index contributed by atoms with van der Waals surface area (Å²) in [4.78, 5) is 0. The van der Waals surface area contributed by atoms with E-state index in [4.69, 9.17) is 18.6 Å². The maximum absolute atomic E-state index is 12.9. The third kappa shape index (κ3) is 2.80. The standard InChI is InChI=1S/C16H11FN2O4/c17-11-3-1-10(2-4-11)16-19-18-15(23-16)8-20-12-5-6-13-14(7-12)22-9-21-13/h1-7H,8-9H2. The number of nitrogens with zero attached hydrogens (tertiary/aromatic N) is 2. The lowest BCUT2D eigenvalue weighted by molar-refractivity contribution is 0.173. The first-order valence-electron chi connectivity index (χ1n) is 6.89. The molecule has 6 nitrogen and oxygen atoms in total. The van der Waals surface area contributed by atoms with E-state index < -0.39 is 0 Å². The zero-order valence-electron chi connectivity index (χ0n) is 11.9. The molecule has 0 radical (unpaired) electrons. The molecule has 1 aromatic heterocycles. The Labute approximate surface area is 130 Å². The van der Waals surface area contributed by atoms with Crippen LogP contribution in [0, 0.1) is 5.82 Å². The van der Waals surface area contributed by atoms with E-state index in [2.05, 4.69) is 10.2 Å². The van der Waals surface area contributed by atoms with E-state index in [1.165, 1.54) is 12.1 Å². The van der Waals surface area contributed by atoms with Crippen molar-refractivity contribution in [3.63, 3.8) is 0 Å². The van der Waals surface area contributed by atoms with E-state index in [1.54, 1.807) is 30.3 Å². The zero-order valence-corrected chi connectivity index (χ0v) is 11.9. The van der Waals surface area contributed by atoms with Gasteiger partial charge in [-0.2, -0.15) is 0 Å². The summed E-state index contributed by atoms with van der Waals surface area (Å²) in [6, 6.07) is 11.1. The average Bonchev–Trinajstić information content (AvgIpc) is 3.22. The fraction of sp³-hybridized carbons (Fsp3) is 0.125. The number of ether oxygens (including phenoxy) is 3. The minimum absolute atomic E-state index is 0.119. The molecule has 4 rings (SSSR count). The van der Waals surface area contributed by atoms with Crippen molar-refractivity contribution in [3.8, 4) is 28.7 Å². The summed E-state index contributed by atoms with van der Waals surface area (Å²) in [5.41, 5.74) is 0.647. The van der Waals surface area contributed by atoms with Crippen molar-refractivity contribution in [1.82, 2.24) is 10.2 Å². The molecule has 0 saturated carbocycles. The van der Waals surface area contributed by atoms with Gasteiger partial charge in [0.25, 0.3) is 5.89 Å². The SMILES string of the molecule is Fc1ccc(-c2nnc(COc3ccc4c(c3)OCO4)o2)cc1. The second-order valence-electron chi connectivity index (χ2n) is 4.81. The maximum Gasteiger partial charge on any atom is 0.254 e. The van der Waals surface area contributed by atoms with Crippen molar-refractivity contribution < 1.29 is 23.0 Å². The molecular weight excluding hydrogens is 303 g/mol. The Morgan fingerprint density at radius 3 is 2.70 bits per heavy atom. The quantitative estimate of drug-likeness (QED) is 0.737. The Kier molecular flexibility index (Phi) is 3.30. The molecule has 0 N–H and O–H groups in total. The molecule has 2 aromatic carbocycles. The second kappa shape index (κ2) is 5.60. The van der Waals surface area contributed by atoms with Gasteiger partial charge >= 0.3 is 0 Å². The molecule has 7 heteroatoms. The van der Waals surface area contributed by atoms with Crippen LogP contribution in [0.3, 0.4) is 0 Å². The first-order chi connectivity index (χ1) is 11.3. The smallest absolute Gasteiger partial charge is 0.254 e. The summed E-state index contributed by atoms with van der Waals surface area (Å²) in [5.74, 6) is 2.25. The normalized spacial score (nSPS) is 12.4. The Morgan fingerprint density at radius 2 is 1.83 bits per heavy atom. The van der Waals surface area contributed by atoms with Crippen molar-refractivity contribution in [2.24, 2.45) is 0 Å². The minimum atomic E-state index is -0.320. The van der Waals surface area contributed by atoms with Gasteiger partial charge in [-0.25, -0.2) is 4.39 Å². The van der Waals surface area contributed by atoms with E-state index in [0.717, 1.165) is 0 Å². The van der Waals surface area contributed by atoms with Gasteiger partial charge in [-0.15, -0.1) is 10.2 Å². The third-order valence-electron chi connectivity index (χ3n) is 3.26. The van der Waals surface area contributed by atoms with Crippen molar-refractivity contribution in [2.45, 2.75) is 6.61 Å². The van der Waals surface area contributed by atoms with Crippen LogP contribution < -0.4 is 14.2 Å². The lowest BCUT2D eigenvalue weighted by atomic mass is 10.2. The number of aromatic nitrogens is 2. The van der Waals surface area contributed by atoms with Gasteiger partial charge < -0.3 is 18.6 Å². The highest BCUT2D eigenvalue weighted by molar-refractivity contribution is 5.52. The van der Waals surface area contributed by atoms with Crippen LogP contribution in [0.5, 0.6) is 17.2 Å². The largest absolute Gasteiger partial charge is 0.484 e. The monoisotopic (exact) mass is 314 g/mol. The van der Waals surface area contributed by atoms with Crippen LogP contribution in [0.1, 0.15) is 5.89 Å². The van der Waals surface area contributed by atoms with E-state index in [0.29, 0.717) is 34.6 Å². The first kappa shape index (κ1) is 13.6. The van der Waals surface area contributed by atoms with Crippen LogP contribution in [0.15, 0.2) is 46.9 Å². The molecule has 0 saturated heterocycles. The highest BCUT2D eigenvalue weighted by atomic mass is 19.1. The summed E-state index contributed by atoms with van der Waals surface area (Å²) in [7, 11) is 0. The number of benzene rings is 2. The zero-order chi connectivity index (χ0) is 15.6. The fourth-order valence-corrected chi connectivity index (χ4v) is 2.13. The molecule has 0 aliphatic carbocycles. The molecule has 2 heterocycles. The molecule has 0 unspecified atom stereocenters. The van der Waals surface area contributed by atoms with Gasteiger partial charge in [-0.1, -0.05) is 0 Å². The summed E-state index contributed by atoms with van der Waals surface area (Å²) < 4.78 is 34.5. The number of hydrogen-bond acceptors (Lipinski definition) is 6. The van der Waals surface area contributed by atoms with Crippen molar-refractivity contribution in [1.29, 1.82) is 0 Å². The number of halogens is 1. The van der Waals surface area contributed by atoms with Gasteiger partial charge in [0, 0.05) is 11.6 Å². The first-order valence-corrected chi connectivity index (χ1v) is 6.89. The van der Waals surface area contributed by atoms with Gasteiger partial charge in [0.05, 0.1) is 0 Å². The molecule has 0 atom stereocenters. The van der Waals surface area contributed by atoms with E-state index in [1.807, 2.05) is 0 Å². The molecule has 3 aromatic rings. The molecule has 23 heavy (non-hydrogen) atoms. The fourth-order valence-electron chi connectivity index (χ4n) is 2.13. The Hall–Kier alpha value is -3.09. The Bertz CT molecular complexity index is 832. The van der Waals surface area contributed by atoms with Crippen LogP contribution >= 0.6 is 0 Å². The lowest BCUT2D eigenvalue weighted by Crippen LogP contribution is -1.95. The van der Waals surface area contributed by atoms with Gasteiger partial charge in [-0.3, -0.25) is 0 Å².